The number of fused-ring (bicyclic) bond motifs is 1. The highest BCUT2D eigenvalue weighted by molar-refractivity contribution is 9.11. The number of thiophene rings is 1. The van der Waals surface area contributed by atoms with Gasteiger partial charge in [0.05, 0.1) is 3.79 Å². The Hall–Kier alpha value is -1.13. The third kappa shape index (κ3) is 3.75. The molecule has 1 N–H and O–H groups in total. The summed E-state index contributed by atoms with van der Waals surface area (Å²) in [4.78, 5) is 1.96. The van der Waals surface area contributed by atoms with Crippen molar-refractivity contribution in [3.05, 3.63) is 39.7 Å². The van der Waals surface area contributed by atoms with E-state index in [9.17, 15) is 8.42 Å². The van der Waals surface area contributed by atoms with Crippen molar-refractivity contribution >= 4 is 37.3 Å². The molecule has 1 unspecified atom stereocenters. The van der Waals surface area contributed by atoms with Crippen LogP contribution in [0.15, 0.2) is 38.3 Å². The van der Waals surface area contributed by atoms with Crippen molar-refractivity contribution in [1.29, 1.82) is 0 Å². The molecule has 1 aliphatic rings. The number of sulfonamides is 1. The van der Waals surface area contributed by atoms with E-state index >= 15 is 0 Å². The summed E-state index contributed by atoms with van der Waals surface area (Å²) in [5.41, 5.74) is 0.958. The smallest absolute Gasteiger partial charge is 0.250 e. The number of rotatable bonds is 6. The molecule has 2 aromatic rings. The molecule has 0 fully saturated rings. The fraction of sp³-hybridized carbons (Fsp3) is 0.333. The number of nitrogens with one attached hydrogen (secondary N) is 1. The molecule has 0 spiro atoms. The third-order valence-electron chi connectivity index (χ3n) is 3.68. The van der Waals surface area contributed by atoms with Gasteiger partial charge in [0.1, 0.15) is 4.21 Å². The van der Waals surface area contributed by atoms with Crippen molar-refractivity contribution in [1.82, 2.24) is 9.62 Å². The minimum absolute atomic E-state index is 0.127. The number of halogens is 1. The maximum Gasteiger partial charge on any atom is 0.250 e. The first-order valence-corrected chi connectivity index (χ1v) is 10.3. The van der Waals surface area contributed by atoms with E-state index in [1.54, 1.807) is 12.1 Å². The molecule has 0 aliphatic carbocycles. The number of ether oxygens (including phenoxy) is 2. The van der Waals surface area contributed by atoms with Gasteiger partial charge in [-0.2, -0.15) is 0 Å². The van der Waals surface area contributed by atoms with Gasteiger partial charge in [0, 0.05) is 12.6 Å². The molecule has 0 amide bonds. The zero-order valence-electron chi connectivity index (χ0n) is 13.2. The van der Waals surface area contributed by atoms with E-state index in [0.717, 1.165) is 9.35 Å². The fourth-order valence-electron chi connectivity index (χ4n) is 2.42. The Balaban J connectivity index is 1.77. The summed E-state index contributed by atoms with van der Waals surface area (Å²) in [6, 6.07) is 8.84. The van der Waals surface area contributed by atoms with E-state index in [0.29, 0.717) is 11.5 Å². The molecule has 24 heavy (non-hydrogen) atoms. The van der Waals surface area contributed by atoms with Crippen LogP contribution in [-0.4, -0.2) is 40.8 Å². The molecular weight excluding hydrogens is 416 g/mol. The lowest BCUT2D eigenvalue weighted by atomic mass is 10.1. The first kappa shape index (κ1) is 17.7. The van der Waals surface area contributed by atoms with Gasteiger partial charge in [-0.25, -0.2) is 13.1 Å². The lowest BCUT2D eigenvalue weighted by Crippen LogP contribution is -2.34. The van der Waals surface area contributed by atoms with Gasteiger partial charge in [0.2, 0.25) is 16.8 Å². The number of hydrogen-bond acceptors (Lipinski definition) is 6. The Bertz CT molecular complexity index is 836. The Morgan fingerprint density at radius 3 is 2.67 bits per heavy atom. The Morgan fingerprint density at radius 1 is 1.25 bits per heavy atom. The van der Waals surface area contributed by atoms with Crippen molar-refractivity contribution in [2.24, 2.45) is 0 Å². The second kappa shape index (κ2) is 7.01. The van der Waals surface area contributed by atoms with E-state index in [1.165, 1.54) is 11.3 Å². The molecule has 0 bridgehead atoms. The summed E-state index contributed by atoms with van der Waals surface area (Å²) < 4.78 is 39.3. The van der Waals surface area contributed by atoms with Crippen LogP contribution in [-0.2, 0) is 10.0 Å². The van der Waals surface area contributed by atoms with Crippen LogP contribution in [0, 0.1) is 0 Å². The molecule has 3 rings (SSSR count). The maximum atomic E-state index is 12.4. The predicted octanol–water partition coefficient (Wildman–Crippen LogP) is 2.82. The van der Waals surface area contributed by atoms with E-state index in [1.807, 2.05) is 37.2 Å². The number of benzene rings is 1. The van der Waals surface area contributed by atoms with Gasteiger partial charge in [-0.1, -0.05) is 6.07 Å². The molecular formula is C15H17BrN2O4S2. The zero-order chi connectivity index (χ0) is 17.3. The molecule has 9 heteroatoms. The number of likely N-dealkylation sites (N-methyl/N-ethyl adjacent to an activating group) is 1. The van der Waals surface area contributed by atoms with Crippen molar-refractivity contribution in [3.8, 4) is 11.5 Å². The summed E-state index contributed by atoms with van der Waals surface area (Å²) in [7, 11) is 0.284. The molecule has 1 aromatic carbocycles. The first-order chi connectivity index (χ1) is 11.4. The van der Waals surface area contributed by atoms with Crippen molar-refractivity contribution < 1.29 is 17.9 Å². The quantitative estimate of drug-likeness (QED) is 0.759. The van der Waals surface area contributed by atoms with E-state index in [2.05, 4.69) is 20.7 Å². The summed E-state index contributed by atoms with van der Waals surface area (Å²) in [6.07, 6.45) is 0. The second-order valence-electron chi connectivity index (χ2n) is 5.50. The van der Waals surface area contributed by atoms with Gasteiger partial charge in [-0.15, -0.1) is 11.3 Å². The highest BCUT2D eigenvalue weighted by atomic mass is 79.9. The van der Waals surface area contributed by atoms with Crippen molar-refractivity contribution in [2.45, 2.75) is 10.3 Å². The van der Waals surface area contributed by atoms with Crippen LogP contribution in [0.25, 0.3) is 0 Å². The van der Waals surface area contributed by atoms with Gasteiger partial charge in [-0.05, 0) is 59.9 Å². The fourth-order valence-corrected chi connectivity index (χ4v) is 5.51. The van der Waals surface area contributed by atoms with Crippen LogP contribution < -0.4 is 14.2 Å². The largest absolute Gasteiger partial charge is 0.454 e. The Morgan fingerprint density at radius 2 is 2.00 bits per heavy atom. The van der Waals surface area contributed by atoms with Gasteiger partial charge >= 0.3 is 0 Å². The second-order valence-corrected chi connectivity index (χ2v) is 9.96. The zero-order valence-corrected chi connectivity index (χ0v) is 16.4. The van der Waals surface area contributed by atoms with Crippen LogP contribution >= 0.6 is 27.3 Å². The molecule has 1 aliphatic heterocycles. The van der Waals surface area contributed by atoms with Crippen LogP contribution in [0.3, 0.4) is 0 Å². The Kier molecular flexibility index (Phi) is 5.16. The standard InChI is InChI=1S/C15H17BrN2O4S2/c1-18(2)11(10-3-4-12-13(7-10)22-9-21-12)8-17-24(19,20)15-6-5-14(16)23-15/h3-7,11,17H,8-9H2,1-2H3. The summed E-state index contributed by atoms with van der Waals surface area (Å²) in [5, 5.41) is 0. The average molecular weight is 433 g/mol. The molecule has 130 valence electrons. The van der Waals surface area contributed by atoms with Gasteiger partial charge in [0.15, 0.2) is 11.5 Å². The van der Waals surface area contributed by atoms with Gasteiger partial charge < -0.3 is 14.4 Å². The highest BCUT2D eigenvalue weighted by Gasteiger charge is 2.23. The number of nitrogens with zero attached hydrogens (tertiary/aromatic N) is 1. The summed E-state index contributed by atoms with van der Waals surface area (Å²) >= 11 is 4.47. The third-order valence-corrected chi connectivity index (χ3v) is 7.22. The van der Waals surface area contributed by atoms with Crippen LogP contribution in [0.1, 0.15) is 11.6 Å². The molecule has 0 saturated carbocycles. The van der Waals surface area contributed by atoms with Crippen molar-refractivity contribution in [3.63, 3.8) is 0 Å². The normalized spacial score (nSPS) is 15.0. The van der Waals surface area contributed by atoms with E-state index in [-0.39, 0.29) is 23.6 Å². The molecule has 2 heterocycles. The molecule has 0 radical (unpaired) electrons. The summed E-state index contributed by atoms with van der Waals surface area (Å²) in [6.45, 7) is 0.468. The average Bonchev–Trinajstić information content (AvgIpc) is 3.15. The van der Waals surface area contributed by atoms with Gasteiger partial charge in [0.25, 0.3) is 0 Å². The molecule has 1 atom stereocenters. The topological polar surface area (TPSA) is 67.9 Å². The maximum absolute atomic E-state index is 12.4. The SMILES string of the molecule is CN(C)C(CNS(=O)(=O)c1ccc(Br)s1)c1ccc2c(c1)OCO2. The minimum Gasteiger partial charge on any atom is -0.454 e. The van der Waals surface area contributed by atoms with Crippen molar-refractivity contribution in [2.75, 3.05) is 27.4 Å². The van der Waals surface area contributed by atoms with Crippen LogP contribution in [0.5, 0.6) is 11.5 Å². The first-order valence-electron chi connectivity index (χ1n) is 7.18. The Labute approximate surface area is 153 Å². The van der Waals surface area contributed by atoms with Crippen LogP contribution in [0.2, 0.25) is 0 Å². The lowest BCUT2D eigenvalue weighted by Gasteiger charge is -2.25. The van der Waals surface area contributed by atoms with E-state index in [4.69, 9.17) is 9.47 Å². The number of hydrogen-bond donors (Lipinski definition) is 1. The van der Waals surface area contributed by atoms with Crippen LogP contribution in [0.4, 0.5) is 0 Å². The summed E-state index contributed by atoms with van der Waals surface area (Å²) in [5.74, 6) is 1.39. The van der Waals surface area contributed by atoms with E-state index < -0.39 is 10.0 Å². The molecule has 0 saturated heterocycles. The lowest BCUT2D eigenvalue weighted by molar-refractivity contribution is 0.174. The minimum atomic E-state index is -3.53. The van der Waals surface area contributed by atoms with Gasteiger partial charge in [-0.3, -0.25) is 0 Å². The predicted molar refractivity (Wildman–Crippen MR) is 96.2 cm³/mol. The monoisotopic (exact) mass is 432 g/mol. The highest BCUT2D eigenvalue weighted by Crippen LogP contribution is 2.35. The molecule has 1 aromatic heterocycles. The molecule has 6 nitrogen and oxygen atoms in total.